The minimum atomic E-state index is -0.757. The molecule has 0 aromatic heterocycles. The molecule has 0 radical (unpaired) electrons. The van der Waals surface area contributed by atoms with Gasteiger partial charge in [-0.3, -0.25) is 0 Å². The predicted octanol–water partition coefficient (Wildman–Crippen LogP) is 6.48. The topological polar surface area (TPSA) is 36.9 Å². The first kappa shape index (κ1) is 23.7. The molecule has 0 aliphatic heterocycles. The van der Waals surface area contributed by atoms with Gasteiger partial charge in [0.1, 0.15) is 0 Å². The van der Waals surface area contributed by atoms with Crippen LogP contribution < -0.4 is 0 Å². The summed E-state index contributed by atoms with van der Waals surface area (Å²) in [5, 5.41) is 0. The highest BCUT2D eigenvalue weighted by Crippen LogP contribution is 2.44. The summed E-state index contributed by atoms with van der Waals surface area (Å²) in [6.45, 7) is 16.5. The summed E-state index contributed by atoms with van der Waals surface area (Å²) in [4.78, 5) is 0. The van der Waals surface area contributed by atoms with Gasteiger partial charge in [-0.05, 0) is 68.2 Å². The first-order valence-corrected chi connectivity index (χ1v) is 11.6. The van der Waals surface area contributed by atoms with E-state index in [1.165, 1.54) is 6.42 Å². The summed E-state index contributed by atoms with van der Waals surface area (Å²) in [5.41, 5.74) is 0. The van der Waals surface area contributed by atoms with Crippen LogP contribution in [-0.4, -0.2) is 36.7 Å². The van der Waals surface area contributed by atoms with Gasteiger partial charge in [-0.15, -0.1) is 0 Å². The fourth-order valence-electron chi connectivity index (χ4n) is 1.86. The van der Waals surface area contributed by atoms with Gasteiger partial charge >= 0.3 is 0 Å². The Bertz CT molecular complexity index is 227. The van der Waals surface area contributed by atoms with E-state index in [4.69, 9.17) is 18.1 Å². The van der Waals surface area contributed by atoms with Crippen molar-refractivity contribution in [1.82, 2.24) is 0 Å². The van der Waals surface area contributed by atoms with Gasteiger partial charge in [0.2, 0.25) is 0 Å². The summed E-state index contributed by atoms with van der Waals surface area (Å²) < 4.78 is 23.6. The first-order chi connectivity index (χ1) is 10.7. The fraction of sp³-hybridized carbons (Fsp3) is 1.00. The minimum absolute atomic E-state index is 0.228. The van der Waals surface area contributed by atoms with E-state index in [-0.39, 0.29) is 24.4 Å². The monoisotopic (exact) mass is 368 g/mol. The molecule has 0 unspecified atom stereocenters. The average Bonchev–Trinajstić information content (AvgIpc) is 2.34. The molecule has 4 nitrogen and oxygen atoms in total. The standard InChI is InChI=1S/C17H38O4P2/c1-14(2)18-22(19-15(3)4)12-10-9-11-13-23(20-16(5)6)21-17(7)8/h14-17H,9-13H2,1-8H3. The van der Waals surface area contributed by atoms with Gasteiger partial charge in [0, 0.05) is 12.3 Å². The second-order valence-electron chi connectivity index (χ2n) is 6.79. The molecule has 0 amide bonds. The van der Waals surface area contributed by atoms with E-state index < -0.39 is 16.8 Å². The molecule has 0 fully saturated rings. The van der Waals surface area contributed by atoms with Crippen LogP contribution >= 0.6 is 16.8 Å². The molecule has 0 spiro atoms. The van der Waals surface area contributed by atoms with Gasteiger partial charge in [-0.1, -0.05) is 6.42 Å². The zero-order chi connectivity index (χ0) is 17.8. The van der Waals surface area contributed by atoms with Crippen molar-refractivity contribution in [2.75, 3.05) is 12.3 Å². The van der Waals surface area contributed by atoms with E-state index in [0.717, 1.165) is 25.2 Å². The molecule has 0 aliphatic rings. The van der Waals surface area contributed by atoms with Crippen molar-refractivity contribution >= 4 is 16.8 Å². The van der Waals surface area contributed by atoms with Crippen molar-refractivity contribution in [2.24, 2.45) is 0 Å². The molecule has 23 heavy (non-hydrogen) atoms. The van der Waals surface area contributed by atoms with Crippen LogP contribution in [0.1, 0.15) is 74.7 Å². The Morgan fingerprint density at radius 2 is 0.739 bits per heavy atom. The maximum Gasteiger partial charge on any atom is 0.170 e. The molecule has 0 heterocycles. The molecular weight excluding hydrogens is 330 g/mol. The summed E-state index contributed by atoms with van der Waals surface area (Å²) in [7, 11) is -1.51. The Hall–Kier alpha value is 0.700. The number of hydrogen-bond acceptors (Lipinski definition) is 4. The number of rotatable bonds is 14. The second kappa shape index (κ2) is 13.9. The van der Waals surface area contributed by atoms with Crippen LogP contribution in [-0.2, 0) is 18.1 Å². The molecule has 6 heteroatoms. The van der Waals surface area contributed by atoms with E-state index in [1.54, 1.807) is 0 Å². The van der Waals surface area contributed by atoms with Crippen molar-refractivity contribution in [1.29, 1.82) is 0 Å². The van der Waals surface area contributed by atoms with Gasteiger partial charge in [0.05, 0.1) is 24.4 Å². The Balaban J connectivity index is 4.00. The molecule has 0 rings (SSSR count). The highest BCUT2D eigenvalue weighted by atomic mass is 31.2. The summed E-state index contributed by atoms with van der Waals surface area (Å²) in [6, 6.07) is 0. The van der Waals surface area contributed by atoms with Gasteiger partial charge in [-0.25, -0.2) is 0 Å². The zero-order valence-corrected chi connectivity index (χ0v) is 18.2. The van der Waals surface area contributed by atoms with E-state index >= 15 is 0 Å². The number of unbranched alkanes of at least 4 members (excludes halogenated alkanes) is 2. The van der Waals surface area contributed by atoms with Crippen molar-refractivity contribution in [2.45, 2.75) is 99.1 Å². The van der Waals surface area contributed by atoms with Crippen molar-refractivity contribution in [3.05, 3.63) is 0 Å². The van der Waals surface area contributed by atoms with Crippen LogP contribution in [0.25, 0.3) is 0 Å². The molecule has 0 saturated carbocycles. The third-order valence-electron chi connectivity index (χ3n) is 2.49. The molecule has 0 aliphatic carbocycles. The van der Waals surface area contributed by atoms with Gasteiger partial charge in [0.25, 0.3) is 0 Å². The highest BCUT2D eigenvalue weighted by Gasteiger charge is 2.16. The lowest BCUT2D eigenvalue weighted by Gasteiger charge is -2.23. The normalized spacial score (nSPS) is 12.8. The lowest BCUT2D eigenvalue weighted by molar-refractivity contribution is 0.177. The van der Waals surface area contributed by atoms with Crippen molar-refractivity contribution < 1.29 is 18.1 Å². The minimum Gasteiger partial charge on any atom is -0.331 e. The highest BCUT2D eigenvalue weighted by molar-refractivity contribution is 7.47. The third-order valence-corrected chi connectivity index (χ3v) is 6.48. The molecule has 140 valence electrons. The zero-order valence-electron chi connectivity index (χ0n) is 16.4. The largest absolute Gasteiger partial charge is 0.331 e. The van der Waals surface area contributed by atoms with E-state index in [9.17, 15) is 0 Å². The summed E-state index contributed by atoms with van der Waals surface area (Å²) in [5.74, 6) is 0. The van der Waals surface area contributed by atoms with Crippen LogP contribution in [0, 0.1) is 0 Å². The smallest absolute Gasteiger partial charge is 0.170 e. The molecule has 0 aromatic rings. The Labute approximate surface area is 146 Å². The second-order valence-corrected chi connectivity index (χ2v) is 9.86. The van der Waals surface area contributed by atoms with Crippen molar-refractivity contribution in [3.63, 3.8) is 0 Å². The molecule has 0 atom stereocenters. The average molecular weight is 368 g/mol. The van der Waals surface area contributed by atoms with Crippen LogP contribution in [0.2, 0.25) is 0 Å². The third kappa shape index (κ3) is 15.9. The number of hydrogen-bond donors (Lipinski definition) is 0. The SMILES string of the molecule is CC(C)OP(CCCCCP(OC(C)C)OC(C)C)OC(C)C. The van der Waals surface area contributed by atoms with Gasteiger partial charge in [0.15, 0.2) is 16.8 Å². The maximum absolute atomic E-state index is 5.89. The first-order valence-electron chi connectivity index (χ1n) is 8.92. The Kier molecular flexibility index (Phi) is 14.4. The molecule has 0 aromatic carbocycles. The van der Waals surface area contributed by atoms with Gasteiger partial charge in [-0.2, -0.15) is 0 Å². The molecule has 0 N–H and O–H groups in total. The van der Waals surface area contributed by atoms with E-state index in [2.05, 4.69) is 55.4 Å². The Morgan fingerprint density at radius 3 is 0.957 bits per heavy atom. The van der Waals surface area contributed by atoms with Crippen LogP contribution in [0.3, 0.4) is 0 Å². The predicted molar refractivity (Wildman–Crippen MR) is 102 cm³/mol. The Morgan fingerprint density at radius 1 is 0.478 bits per heavy atom. The van der Waals surface area contributed by atoms with Crippen molar-refractivity contribution in [3.8, 4) is 0 Å². The lowest BCUT2D eigenvalue weighted by Crippen LogP contribution is -2.08. The lowest BCUT2D eigenvalue weighted by atomic mass is 10.3. The maximum atomic E-state index is 5.89. The van der Waals surface area contributed by atoms with Crippen LogP contribution in [0.15, 0.2) is 0 Å². The van der Waals surface area contributed by atoms with E-state index in [0.29, 0.717) is 0 Å². The van der Waals surface area contributed by atoms with Crippen LogP contribution in [0.5, 0.6) is 0 Å². The van der Waals surface area contributed by atoms with E-state index in [1.807, 2.05) is 0 Å². The van der Waals surface area contributed by atoms with Gasteiger partial charge < -0.3 is 18.1 Å². The summed E-state index contributed by atoms with van der Waals surface area (Å²) >= 11 is 0. The quantitative estimate of drug-likeness (QED) is 0.260. The van der Waals surface area contributed by atoms with Crippen LogP contribution in [0.4, 0.5) is 0 Å². The summed E-state index contributed by atoms with van der Waals surface area (Å²) in [6.07, 6.45) is 6.38. The molecule has 0 bridgehead atoms. The molecular formula is C17H38O4P2. The fourth-order valence-corrected chi connectivity index (χ4v) is 5.23. The molecule has 0 saturated heterocycles.